The van der Waals surface area contributed by atoms with Crippen LogP contribution in [-0.4, -0.2) is 26.7 Å². The van der Waals surface area contributed by atoms with Crippen LogP contribution >= 0.6 is 12.4 Å². The third kappa shape index (κ3) is 2.88. The fraction of sp³-hybridized carbons (Fsp3) is 0.500. The van der Waals surface area contributed by atoms with Crippen molar-refractivity contribution in [1.82, 2.24) is 10.6 Å². The Morgan fingerprint density at radius 1 is 1.31 bits per heavy atom. The van der Waals surface area contributed by atoms with E-state index in [-0.39, 0.29) is 12.4 Å². The van der Waals surface area contributed by atoms with E-state index in [9.17, 15) is 0 Å². The summed E-state index contributed by atoms with van der Waals surface area (Å²) in [6.45, 7) is 5.24. The van der Waals surface area contributed by atoms with Crippen LogP contribution in [0, 0.1) is 6.92 Å². The molecule has 0 radical (unpaired) electrons. The molecule has 90 valence electrons. The van der Waals surface area contributed by atoms with Crippen LogP contribution in [0.5, 0.6) is 5.75 Å². The Morgan fingerprint density at radius 2 is 2.12 bits per heavy atom. The van der Waals surface area contributed by atoms with Gasteiger partial charge >= 0.3 is 0 Å². The maximum Gasteiger partial charge on any atom is 0.119 e. The number of methoxy groups -OCH3 is 1. The average molecular weight is 243 g/mol. The molecule has 0 aliphatic carbocycles. The molecular weight excluding hydrogens is 224 g/mol. The zero-order valence-corrected chi connectivity index (χ0v) is 10.6. The molecule has 3 nitrogen and oxygen atoms in total. The highest BCUT2D eigenvalue weighted by Crippen LogP contribution is 2.22. The zero-order chi connectivity index (χ0) is 10.7. The second kappa shape index (κ2) is 6.09. The van der Waals surface area contributed by atoms with Crippen molar-refractivity contribution in [3.8, 4) is 5.75 Å². The van der Waals surface area contributed by atoms with Crippen molar-refractivity contribution >= 4 is 12.4 Å². The summed E-state index contributed by atoms with van der Waals surface area (Å²) in [6.07, 6.45) is 0. The molecule has 2 N–H and O–H groups in total. The first kappa shape index (κ1) is 13.3. The largest absolute Gasteiger partial charge is 0.497 e. The van der Waals surface area contributed by atoms with E-state index < -0.39 is 0 Å². The molecule has 1 saturated heterocycles. The predicted molar refractivity (Wildman–Crippen MR) is 68.6 cm³/mol. The molecule has 16 heavy (non-hydrogen) atoms. The maximum absolute atomic E-state index is 5.20. The van der Waals surface area contributed by atoms with Crippen LogP contribution in [0.2, 0.25) is 0 Å². The summed E-state index contributed by atoms with van der Waals surface area (Å²) in [6, 6.07) is 6.70. The number of nitrogens with one attached hydrogen (secondary N) is 2. The van der Waals surface area contributed by atoms with Crippen molar-refractivity contribution < 1.29 is 4.74 Å². The van der Waals surface area contributed by atoms with Crippen LogP contribution < -0.4 is 15.4 Å². The minimum atomic E-state index is 0. The van der Waals surface area contributed by atoms with E-state index in [1.54, 1.807) is 7.11 Å². The van der Waals surface area contributed by atoms with Crippen molar-refractivity contribution in [2.24, 2.45) is 0 Å². The Bertz CT molecular complexity index is 338. The number of aryl methyl sites for hydroxylation is 1. The van der Waals surface area contributed by atoms with Gasteiger partial charge in [-0.25, -0.2) is 0 Å². The van der Waals surface area contributed by atoms with Gasteiger partial charge in [0.25, 0.3) is 0 Å². The van der Waals surface area contributed by atoms with E-state index in [4.69, 9.17) is 4.74 Å². The standard InChI is InChI=1S/C12H18N2O.ClH/c1-9-7-10(15-2)3-4-11(9)12-8-13-5-6-14-12;/h3-4,7,12-14H,5-6,8H2,1-2H3;1H/t12-;/m0./s1. The van der Waals surface area contributed by atoms with Gasteiger partial charge in [-0.1, -0.05) is 6.07 Å². The Balaban J connectivity index is 0.00000128. The lowest BCUT2D eigenvalue weighted by Crippen LogP contribution is -2.42. The molecule has 1 atom stereocenters. The number of hydrogen-bond acceptors (Lipinski definition) is 3. The molecule has 0 bridgehead atoms. The molecule has 2 rings (SSSR count). The summed E-state index contributed by atoms with van der Waals surface area (Å²) in [7, 11) is 1.70. The number of hydrogen-bond donors (Lipinski definition) is 2. The number of piperazine rings is 1. The molecule has 0 aromatic heterocycles. The second-order valence-corrected chi connectivity index (χ2v) is 3.93. The topological polar surface area (TPSA) is 33.3 Å². The second-order valence-electron chi connectivity index (χ2n) is 3.93. The van der Waals surface area contributed by atoms with Crippen LogP contribution in [0.1, 0.15) is 17.2 Å². The molecule has 1 aromatic carbocycles. The predicted octanol–water partition coefficient (Wildman–Crippen LogP) is 1.66. The Kier molecular flexibility index (Phi) is 5.06. The van der Waals surface area contributed by atoms with Crippen LogP contribution in [0.4, 0.5) is 0 Å². The van der Waals surface area contributed by atoms with Gasteiger partial charge in [0.1, 0.15) is 5.75 Å². The quantitative estimate of drug-likeness (QED) is 0.828. The van der Waals surface area contributed by atoms with Gasteiger partial charge in [-0.2, -0.15) is 0 Å². The van der Waals surface area contributed by atoms with Crippen molar-refractivity contribution in [3.05, 3.63) is 29.3 Å². The Hall–Kier alpha value is -0.770. The van der Waals surface area contributed by atoms with E-state index in [1.807, 2.05) is 6.07 Å². The lowest BCUT2D eigenvalue weighted by Gasteiger charge is -2.26. The van der Waals surface area contributed by atoms with Gasteiger partial charge in [0.2, 0.25) is 0 Å². The van der Waals surface area contributed by atoms with Crippen molar-refractivity contribution in [1.29, 1.82) is 0 Å². The fourth-order valence-corrected chi connectivity index (χ4v) is 2.04. The van der Waals surface area contributed by atoms with Crippen LogP contribution in [-0.2, 0) is 0 Å². The first-order valence-electron chi connectivity index (χ1n) is 5.40. The fourth-order valence-electron chi connectivity index (χ4n) is 2.04. The van der Waals surface area contributed by atoms with Gasteiger partial charge in [-0.15, -0.1) is 12.4 Å². The molecule has 1 aliphatic heterocycles. The van der Waals surface area contributed by atoms with Crippen LogP contribution in [0.25, 0.3) is 0 Å². The summed E-state index contributed by atoms with van der Waals surface area (Å²) in [5, 5.41) is 6.91. The highest BCUT2D eigenvalue weighted by atomic mass is 35.5. The molecule has 1 aliphatic rings. The molecular formula is C12H19ClN2O. The minimum Gasteiger partial charge on any atom is -0.497 e. The van der Waals surface area contributed by atoms with E-state index in [0.29, 0.717) is 6.04 Å². The average Bonchev–Trinajstić information content (AvgIpc) is 2.30. The van der Waals surface area contributed by atoms with E-state index >= 15 is 0 Å². The van der Waals surface area contributed by atoms with Gasteiger partial charge in [-0.3, -0.25) is 0 Å². The monoisotopic (exact) mass is 242 g/mol. The van der Waals surface area contributed by atoms with Gasteiger partial charge in [0.15, 0.2) is 0 Å². The zero-order valence-electron chi connectivity index (χ0n) is 9.75. The van der Waals surface area contributed by atoms with Crippen LogP contribution in [0.3, 0.4) is 0 Å². The molecule has 0 saturated carbocycles. The number of benzene rings is 1. The minimum absolute atomic E-state index is 0. The number of ether oxygens (including phenoxy) is 1. The van der Waals surface area contributed by atoms with Crippen molar-refractivity contribution in [3.63, 3.8) is 0 Å². The van der Waals surface area contributed by atoms with Crippen LogP contribution in [0.15, 0.2) is 18.2 Å². The molecule has 1 aromatic rings. The first-order chi connectivity index (χ1) is 7.31. The Morgan fingerprint density at radius 3 is 2.69 bits per heavy atom. The third-order valence-electron chi connectivity index (χ3n) is 2.89. The summed E-state index contributed by atoms with van der Waals surface area (Å²) in [5.74, 6) is 0.931. The van der Waals surface area contributed by atoms with Crippen molar-refractivity contribution in [2.75, 3.05) is 26.7 Å². The van der Waals surface area contributed by atoms with Gasteiger partial charge in [0, 0.05) is 25.7 Å². The highest BCUT2D eigenvalue weighted by molar-refractivity contribution is 5.85. The normalized spacial score (nSPS) is 20.0. The summed E-state index contributed by atoms with van der Waals surface area (Å²) >= 11 is 0. The lowest BCUT2D eigenvalue weighted by atomic mass is 10.00. The van der Waals surface area contributed by atoms with Gasteiger partial charge in [-0.05, 0) is 30.2 Å². The highest BCUT2D eigenvalue weighted by Gasteiger charge is 2.15. The number of rotatable bonds is 2. The molecule has 0 spiro atoms. The van der Waals surface area contributed by atoms with E-state index in [0.717, 1.165) is 25.4 Å². The SMILES string of the molecule is COc1ccc([C@@H]2CNCCN2)c(C)c1.Cl. The number of halogens is 1. The summed E-state index contributed by atoms with van der Waals surface area (Å²) in [5.41, 5.74) is 2.65. The smallest absolute Gasteiger partial charge is 0.119 e. The van der Waals surface area contributed by atoms with E-state index in [2.05, 4.69) is 29.7 Å². The molecule has 1 heterocycles. The Labute approximate surface area is 103 Å². The van der Waals surface area contributed by atoms with Gasteiger partial charge < -0.3 is 15.4 Å². The molecule has 0 amide bonds. The lowest BCUT2D eigenvalue weighted by molar-refractivity contribution is 0.411. The molecule has 4 heteroatoms. The maximum atomic E-state index is 5.20. The van der Waals surface area contributed by atoms with E-state index in [1.165, 1.54) is 11.1 Å². The molecule has 1 fully saturated rings. The van der Waals surface area contributed by atoms with Crippen molar-refractivity contribution in [2.45, 2.75) is 13.0 Å². The molecule has 0 unspecified atom stereocenters. The summed E-state index contributed by atoms with van der Waals surface area (Å²) < 4.78 is 5.20. The summed E-state index contributed by atoms with van der Waals surface area (Å²) in [4.78, 5) is 0. The first-order valence-corrected chi connectivity index (χ1v) is 5.40. The third-order valence-corrected chi connectivity index (χ3v) is 2.89. The van der Waals surface area contributed by atoms with Gasteiger partial charge in [0.05, 0.1) is 7.11 Å².